The van der Waals surface area contributed by atoms with Crippen LogP contribution in [0.5, 0.6) is 0 Å². The predicted molar refractivity (Wildman–Crippen MR) is 61.3 cm³/mol. The van der Waals surface area contributed by atoms with E-state index in [0.717, 1.165) is 4.47 Å². The van der Waals surface area contributed by atoms with Crippen LogP contribution in [0.15, 0.2) is 28.7 Å². The highest BCUT2D eigenvalue weighted by atomic mass is 79.9. The van der Waals surface area contributed by atoms with Crippen molar-refractivity contribution in [3.63, 3.8) is 0 Å². The molecule has 0 saturated carbocycles. The maximum atomic E-state index is 11.6. The first-order valence-corrected chi connectivity index (χ1v) is 5.42. The summed E-state index contributed by atoms with van der Waals surface area (Å²) in [6.07, 6.45) is 0.610. The Kier molecular flexibility index (Phi) is 4.32. The number of nitriles is 1. The van der Waals surface area contributed by atoms with Crippen LogP contribution in [0.3, 0.4) is 0 Å². The van der Waals surface area contributed by atoms with Gasteiger partial charge in [-0.3, -0.25) is 4.79 Å². The molecule has 4 heteroatoms. The van der Waals surface area contributed by atoms with Gasteiger partial charge in [-0.25, -0.2) is 0 Å². The van der Waals surface area contributed by atoms with E-state index in [1.165, 1.54) is 0 Å². The van der Waals surface area contributed by atoms with Gasteiger partial charge in [0.15, 0.2) is 0 Å². The average molecular weight is 267 g/mol. The molecule has 0 spiro atoms. The van der Waals surface area contributed by atoms with Gasteiger partial charge in [0.05, 0.1) is 6.07 Å². The average Bonchev–Trinajstić information content (AvgIpc) is 2.26. The number of hydrogen-bond donors (Lipinski definition) is 1. The Morgan fingerprint density at radius 1 is 1.53 bits per heavy atom. The molecule has 1 unspecified atom stereocenters. The molecule has 0 aliphatic carbocycles. The lowest BCUT2D eigenvalue weighted by Crippen LogP contribution is -2.33. The predicted octanol–water partition coefficient (Wildman–Crippen LogP) is 2.48. The summed E-state index contributed by atoms with van der Waals surface area (Å²) in [6, 6.07) is 8.62. The summed E-state index contributed by atoms with van der Waals surface area (Å²) < 4.78 is 0.923. The molecule has 1 aromatic rings. The second-order valence-electron chi connectivity index (χ2n) is 3.07. The second kappa shape index (κ2) is 5.52. The molecule has 1 N–H and O–H groups in total. The monoisotopic (exact) mass is 266 g/mol. The first-order chi connectivity index (χ1) is 7.17. The van der Waals surface area contributed by atoms with E-state index >= 15 is 0 Å². The standard InChI is InChI=1S/C11H11BrN2O/c1-2-10(7-13)14-11(15)8-3-5-9(12)6-4-8/h3-6,10H,2H2,1H3,(H,14,15). The Morgan fingerprint density at radius 2 is 2.13 bits per heavy atom. The van der Waals surface area contributed by atoms with E-state index in [0.29, 0.717) is 12.0 Å². The number of nitrogens with zero attached hydrogens (tertiary/aromatic N) is 1. The summed E-state index contributed by atoms with van der Waals surface area (Å²) >= 11 is 3.29. The molecule has 3 nitrogen and oxygen atoms in total. The lowest BCUT2D eigenvalue weighted by molar-refractivity contribution is 0.0944. The van der Waals surface area contributed by atoms with Gasteiger partial charge in [0.1, 0.15) is 6.04 Å². The van der Waals surface area contributed by atoms with Crippen LogP contribution in [0.4, 0.5) is 0 Å². The summed E-state index contributed by atoms with van der Waals surface area (Å²) in [5.41, 5.74) is 0.562. The smallest absolute Gasteiger partial charge is 0.252 e. The van der Waals surface area contributed by atoms with E-state index in [4.69, 9.17) is 5.26 Å². The molecular formula is C11H11BrN2O. The van der Waals surface area contributed by atoms with E-state index in [1.54, 1.807) is 24.3 Å². The van der Waals surface area contributed by atoms with Crippen molar-refractivity contribution in [1.29, 1.82) is 5.26 Å². The zero-order chi connectivity index (χ0) is 11.3. The Bertz CT molecular complexity index is 381. The van der Waals surface area contributed by atoms with Crippen LogP contribution in [0.2, 0.25) is 0 Å². The van der Waals surface area contributed by atoms with Gasteiger partial charge < -0.3 is 5.32 Å². The molecule has 1 aromatic carbocycles. The van der Waals surface area contributed by atoms with E-state index in [2.05, 4.69) is 21.2 Å². The molecule has 0 aliphatic heterocycles. The fourth-order valence-electron chi connectivity index (χ4n) is 1.07. The van der Waals surface area contributed by atoms with Gasteiger partial charge in [-0.05, 0) is 30.7 Å². The van der Waals surface area contributed by atoms with E-state index in [-0.39, 0.29) is 5.91 Å². The van der Waals surface area contributed by atoms with E-state index in [9.17, 15) is 4.79 Å². The molecule has 0 fully saturated rings. The molecule has 1 rings (SSSR count). The van der Waals surface area contributed by atoms with Gasteiger partial charge in [0.25, 0.3) is 5.91 Å². The van der Waals surface area contributed by atoms with Crippen molar-refractivity contribution in [1.82, 2.24) is 5.32 Å². The van der Waals surface area contributed by atoms with Gasteiger partial charge in [-0.15, -0.1) is 0 Å². The lowest BCUT2D eigenvalue weighted by atomic mass is 10.2. The minimum atomic E-state index is -0.416. The van der Waals surface area contributed by atoms with Gasteiger partial charge >= 0.3 is 0 Å². The molecule has 0 radical (unpaired) electrons. The maximum absolute atomic E-state index is 11.6. The largest absolute Gasteiger partial charge is 0.336 e. The normalized spacial score (nSPS) is 11.5. The number of nitrogens with one attached hydrogen (secondary N) is 1. The molecule has 0 aromatic heterocycles. The Morgan fingerprint density at radius 3 is 2.60 bits per heavy atom. The Labute approximate surface area is 97.2 Å². The second-order valence-corrected chi connectivity index (χ2v) is 3.99. The summed E-state index contributed by atoms with van der Waals surface area (Å²) in [4.78, 5) is 11.6. The number of amides is 1. The maximum Gasteiger partial charge on any atom is 0.252 e. The van der Waals surface area contributed by atoms with Crippen LogP contribution >= 0.6 is 15.9 Å². The number of carbonyl (C=O) groups is 1. The van der Waals surface area contributed by atoms with Crippen molar-refractivity contribution in [3.05, 3.63) is 34.3 Å². The zero-order valence-corrected chi connectivity index (χ0v) is 9.91. The highest BCUT2D eigenvalue weighted by Crippen LogP contribution is 2.10. The molecule has 15 heavy (non-hydrogen) atoms. The fourth-order valence-corrected chi connectivity index (χ4v) is 1.33. The third-order valence-corrected chi connectivity index (χ3v) is 2.50. The molecule has 0 aliphatic rings. The number of benzene rings is 1. The number of carbonyl (C=O) groups excluding carboxylic acids is 1. The molecule has 1 atom stereocenters. The van der Waals surface area contributed by atoms with Crippen molar-refractivity contribution in [3.8, 4) is 6.07 Å². The fraction of sp³-hybridized carbons (Fsp3) is 0.273. The summed E-state index contributed by atoms with van der Waals surface area (Å²) in [5, 5.41) is 11.3. The van der Waals surface area contributed by atoms with Gasteiger partial charge in [0.2, 0.25) is 0 Å². The minimum absolute atomic E-state index is 0.212. The first kappa shape index (κ1) is 11.7. The Balaban J connectivity index is 2.70. The van der Waals surface area contributed by atoms with Crippen LogP contribution in [0, 0.1) is 11.3 Å². The van der Waals surface area contributed by atoms with Crippen LogP contribution in [0.1, 0.15) is 23.7 Å². The highest BCUT2D eigenvalue weighted by Gasteiger charge is 2.10. The molecule has 0 heterocycles. The summed E-state index contributed by atoms with van der Waals surface area (Å²) in [6.45, 7) is 1.86. The van der Waals surface area contributed by atoms with Crippen molar-refractivity contribution in [2.45, 2.75) is 19.4 Å². The van der Waals surface area contributed by atoms with E-state index < -0.39 is 6.04 Å². The SMILES string of the molecule is CCC(C#N)NC(=O)c1ccc(Br)cc1. The topological polar surface area (TPSA) is 52.9 Å². The quantitative estimate of drug-likeness (QED) is 0.914. The van der Waals surface area contributed by atoms with Crippen LogP contribution in [-0.2, 0) is 0 Å². The van der Waals surface area contributed by atoms with Gasteiger partial charge in [-0.2, -0.15) is 5.26 Å². The zero-order valence-electron chi connectivity index (χ0n) is 8.33. The van der Waals surface area contributed by atoms with Crippen molar-refractivity contribution < 1.29 is 4.79 Å². The van der Waals surface area contributed by atoms with E-state index in [1.807, 2.05) is 13.0 Å². The summed E-state index contributed by atoms with van der Waals surface area (Å²) in [5.74, 6) is -0.212. The number of halogens is 1. The van der Waals surface area contributed by atoms with Crippen LogP contribution < -0.4 is 5.32 Å². The van der Waals surface area contributed by atoms with Crippen LogP contribution in [-0.4, -0.2) is 11.9 Å². The van der Waals surface area contributed by atoms with Gasteiger partial charge in [-0.1, -0.05) is 22.9 Å². The first-order valence-electron chi connectivity index (χ1n) is 4.63. The number of rotatable bonds is 3. The molecule has 0 saturated heterocycles. The molecule has 78 valence electrons. The molecule has 0 bridgehead atoms. The summed E-state index contributed by atoms with van der Waals surface area (Å²) in [7, 11) is 0. The van der Waals surface area contributed by atoms with Gasteiger partial charge in [0, 0.05) is 10.0 Å². The van der Waals surface area contributed by atoms with Crippen molar-refractivity contribution in [2.75, 3.05) is 0 Å². The molecular weight excluding hydrogens is 256 g/mol. The third kappa shape index (κ3) is 3.37. The lowest BCUT2D eigenvalue weighted by Gasteiger charge is -2.08. The third-order valence-electron chi connectivity index (χ3n) is 1.98. The van der Waals surface area contributed by atoms with Crippen LogP contribution in [0.25, 0.3) is 0 Å². The van der Waals surface area contributed by atoms with Crippen molar-refractivity contribution in [2.24, 2.45) is 0 Å². The Hall–Kier alpha value is -1.34. The highest BCUT2D eigenvalue weighted by molar-refractivity contribution is 9.10. The van der Waals surface area contributed by atoms with Crippen molar-refractivity contribution >= 4 is 21.8 Å². The molecule has 1 amide bonds. The number of hydrogen-bond acceptors (Lipinski definition) is 2. The minimum Gasteiger partial charge on any atom is -0.336 e.